The second-order valence-corrected chi connectivity index (χ2v) is 5.65. The van der Waals surface area contributed by atoms with E-state index < -0.39 is 21.9 Å². The van der Waals surface area contributed by atoms with Crippen LogP contribution in [-0.2, 0) is 10.0 Å². The summed E-state index contributed by atoms with van der Waals surface area (Å²) in [6.45, 7) is 1.61. The van der Waals surface area contributed by atoms with Crippen LogP contribution in [0.4, 0.5) is 4.39 Å². The molecule has 1 aromatic rings. The van der Waals surface area contributed by atoms with E-state index in [1.54, 1.807) is 6.92 Å². The fourth-order valence-corrected chi connectivity index (χ4v) is 3.40. The van der Waals surface area contributed by atoms with Crippen molar-refractivity contribution in [3.63, 3.8) is 0 Å². The Hall–Kier alpha value is -0.460. The summed E-state index contributed by atoms with van der Waals surface area (Å²) in [5, 5.41) is 0. The molecule has 76 valence electrons. The molecule has 0 saturated carbocycles. The third-order valence-corrected chi connectivity index (χ3v) is 4.36. The molecule has 0 bridgehead atoms. The minimum atomic E-state index is -3.50. The summed E-state index contributed by atoms with van der Waals surface area (Å²) < 4.78 is 39.0. The average Bonchev–Trinajstić information content (AvgIpc) is 2.29. The van der Waals surface area contributed by atoms with Gasteiger partial charge in [-0.2, -0.15) is 0 Å². The summed E-state index contributed by atoms with van der Waals surface area (Å²) in [5.74, 6) is -0.511. The van der Waals surface area contributed by atoms with Crippen LogP contribution in [0.1, 0.15) is 18.5 Å². The molecule has 1 atom stereocenters. The van der Waals surface area contributed by atoms with Gasteiger partial charge in [0, 0.05) is 11.6 Å². The third-order valence-electron chi connectivity index (χ3n) is 2.15. The van der Waals surface area contributed by atoms with Crippen LogP contribution in [-0.4, -0.2) is 8.42 Å². The lowest BCUT2D eigenvalue weighted by atomic mass is 10.1. The molecule has 0 aromatic heterocycles. The van der Waals surface area contributed by atoms with Gasteiger partial charge in [-0.05, 0) is 35.0 Å². The third kappa shape index (κ3) is 1.29. The molecule has 2 rings (SSSR count). The first-order chi connectivity index (χ1) is 6.43. The lowest BCUT2D eigenvalue weighted by Gasteiger charge is -2.04. The predicted octanol–water partition coefficient (Wildman–Crippen LogP) is 1.94. The van der Waals surface area contributed by atoms with Crippen LogP contribution in [0.25, 0.3) is 0 Å². The number of hydrogen-bond donors (Lipinski definition) is 1. The second kappa shape index (κ2) is 3.01. The van der Waals surface area contributed by atoms with Crippen LogP contribution in [0.15, 0.2) is 21.5 Å². The molecule has 0 spiro atoms. The Kier molecular flexibility index (Phi) is 2.17. The normalized spacial score (nSPS) is 23.5. The Morgan fingerprint density at radius 2 is 2.14 bits per heavy atom. The molecule has 6 heteroatoms. The Morgan fingerprint density at radius 1 is 1.50 bits per heavy atom. The maximum Gasteiger partial charge on any atom is 0.241 e. The van der Waals surface area contributed by atoms with Crippen molar-refractivity contribution in [2.45, 2.75) is 17.9 Å². The van der Waals surface area contributed by atoms with E-state index in [1.165, 1.54) is 12.1 Å². The van der Waals surface area contributed by atoms with E-state index in [0.717, 1.165) is 0 Å². The second-order valence-electron chi connectivity index (χ2n) is 3.12. The molecule has 0 radical (unpaired) electrons. The molecule has 1 N–H and O–H groups in total. The summed E-state index contributed by atoms with van der Waals surface area (Å²) in [6.07, 6.45) is 0. The van der Waals surface area contributed by atoms with E-state index in [0.29, 0.717) is 0 Å². The van der Waals surface area contributed by atoms with Crippen LogP contribution in [0, 0.1) is 5.82 Å². The quantitative estimate of drug-likeness (QED) is 0.789. The number of benzene rings is 1. The highest BCUT2D eigenvalue weighted by Gasteiger charge is 2.34. The molecular weight excluding hydrogens is 273 g/mol. The fraction of sp³-hybridized carbons (Fsp3) is 0.250. The molecule has 1 aliphatic heterocycles. The van der Waals surface area contributed by atoms with Crippen molar-refractivity contribution in [1.82, 2.24) is 4.72 Å². The SMILES string of the molecule is CC1NS(=O)(=O)c2ccc(Br)c(F)c21. The largest absolute Gasteiger partial charge is 0.241 e. The fourth-order valence-electron chi connectivity index (χ4n) is 1.54. The van der Waals surface area contributed by atoms with Crippen LogP contribution < -0.4 is 4.72 Å². The van der Waals surface area contributed by atoms with Crippen molar-refractivity contribution < 1.29 is 12.8 Å². The van der Waals surface area contributed by atoms with Crippen LogP contribution in [0.3, 0.4) is 0 Å². The minimum Gasteiger partial charge on any atom is -0.207 e. The Morgan fingerprint density at radius 3 is 2.79 bits per heavy atom. The molecule has 1 heterocycles. The van der Waals surface area contributed by atoms with Gasteiger partial charge in [-0.25, -0.2) is 17.5 Å². The summed E-state index contributed by atoms with van der Waals surface area (Å²) in [5.41, 5.74) is 0.208. The van der Waals surface area contributed by atoms with Crippen LogP contribution >= 0.6 is 15.9 Å². The van der Waals surface area contributed by atoms with Crippen molar-refractivity contribution in [3.8, 4) is 0 Å². The zero-order valence-corrected chi connectivity index (χ0v) is 9.62. The van der Waals surface area contributed by atoms with Crippen molar-refractivity contribution in [3.05, 3.63) is 28.0 Å². The highest BCUT2D eigenvalue weighted by atomic mass is 79.9. The molecule has 14 heavy (non-hydrogen) atoms. The predicted molar refractivity (Wildman–Crippen MR) is 52.8 cm³/mol. The number of fused-ring (bicyclic) bond motifs is 1. The van der Waals surface area contributed by atoms with Gasteiger partial charge in [0.15, 0.2) is 0 Å². The van der Waals surface area contributed by atoms with Crippen LogP contribution in [0.5, 0.6) is 0 Å². The molecule has 1 unspecified atom stereocenters. The van der Waals surface area contributed by atoms with E-state index in [-0.39, 0.29) is 14.9 Å². The summed E-state index contributed by atoms with van der Waals surface area (Å²) >= 11 is 3.02. The van der Waals surface area contributed by atoms with Gasteiger partial charge < -0.3 is 0 Å². The first-order valence-electron chi connectivity index (χ1n) is 3.93. The number of hydrogen-bond acceptors (Lipinski definition) is 2. The number of nitrogens with one attached hydrogen (secondary N) is 1. The first kappa shape index (κ1) is 10.1. The van der Waals surface area contributed by atoms with Crippen molar-refractivity contribution >= 4 is 26.0 Å². The highest BCUT2D eigenvalue weighted by Crippen LogP contribution is 2.35. The monoisotopic (exact) mass is 279 g/mol. The lowest BCUT2D eigenvalue weighted by molar-refractivity contribution is 0.570. The van der Waals surface area contributed by atoms with Gasteiger partial charge in [0.25, 0.3) is 0 Å². The van der Waals surface area contributed by atoms with Crippen molar-refractivity contribution in [2.75, 3.05) is 0 Å². The zero-order chi connectivity index (χ0) is 10.5. The Bertz CT molecular complexity index is 500. The molecule has 0 fully saturated rings. The molecule has 1 aromatic carbocycles. The maximum atomic E-state index is 13.5. The molecule has 3 nitrogen and oxygen atoms in total. The van der Waals surface area contributed by atoms with Gasteiger partial charge in [-0.3, -0.25) is 0 Å². The number of sulfonamides is 1. The van der Waals surface area contributed by atoms with Crippen molar-refractivity contribution in [1.29, 1.82) is 0 Å². The zero-order valence-electron chi connectivity index (χ0n) is 7.21. The Labute approximate surface area is 89.5 Å². The van der Waals surface area contributed by atoms with Gasteiger partial charge in [0.05, 0.1) is 9.37 Å². The standard InChI is InChI=1S/C8H7BrFNO2S/c1-4-7-6(14(12,13)11-4)3-2-5(9)8(7)10/h2-4,11H,1H3. The number of rotatable bonds is 0. The van der Waals surface area contributed by atoms with Gasteiger partial charge in [0.1, 0.15) is 5.82 Å². The van der Waals surface area contributed by atoms with E-state index in [2.05, 4.69) is 20.7 Å². The van der Waals surface area contributed by atoms with E-state index >= 15 is 0 Å². The first-order valence-corrected chi connectivity index (χ1v) is 6.21. The summed E-state index contributed by atoms with van der Waals surface area (Å²) in [4.78, 5) is 0.0331. The molecule has 0 aliphatic carbocycles. The summed E-state index contributed by atoms with van der Waals surface area (Å²) in [6, 6.07) is 2.28. The summed E-state index contributed by atoms with van der Waals surface area (Å²) in [7, 11) is -3.50. The average molecular weight is 280 g/mol. The van der Waals surface area contributed by atoms with E-state index in [1.807, 2.05) is 0 Å². The van der Waals surface area contributed by atoms with Crippen molar-refractivity contribution in [2.24, 2.45) is 0 Å². The van der Waals surface area contributed by atoms with E-state index in [9.17, 15) is 12.8 Å². The van der Waals surface area contributed by atoms with Gasteiger partial charge >= 0.3 is 0 Å². The maximum absolute atomic E-state index is 13.5. The van der Waals surface area contributed by atoms with Gasteiger partial charge in [-0.15, -0.1) is 0 Å². The molecule has 0 amide bonds. The molecule has 1 aliphatic rings. The molecule has 0 saturated heterocycles. The highest BCUT2D eigenvalue weighted by molar-refractivity contribution is 9.10. The minimum absolute atomic E-state index is 0.0331. The smallest absolute Gasteiger partial charge is 0.207 e. The Balaban J connectivity index is 2.82. The van der Waals surface area contributed by atoms with Crippen LogP contribution in [0.2, 0.25) is 0 Å². The van der Waals surface area contributed by atoms with Gasteiger partial charge in [-0.1, -0.05) is 0 Å². The van der Waals surface area contributed by atoms with Gasteiger partial charge in [0.2, 0.25) is 10.0 Å². The van der Waals surface area contributed by atoms with E-state index in [4.69, 9.17) is 0 Å². The lowest BCUT2D eigenvalue weighted by Crippen LogP contribution is -2.17. The topological polar surface area (TPSA) is 46.2 Å². The number of halogens is 2. The molecular formula is C8H7BrFNO2S.